The number of ether oxygens (including phenoxy) is 1. The molecule has 2 aromatic carbocycles. The second kappa shape index (κ2) is 6.83. The molecule has 5 heteroatoms. The number of aryl methyl sites for hydroxylation is 2. The quantitative estimate of drug-likeness (QED) is 0.875. The van der Waals surface area contributed by atoms with E-state index in [2.05, 4.69) is 5.32 Å². The van der Waals surface area contributed by atoms with Crippen molar-refractivity contribution in [2.75, 3.05) is 5.32 Å². The molecule has 1 N–H and O–H groups in total. The number of carbonyl (C=O) groups is 2. The van der Waals surface area contributed by atoms with Crippen molar-refractivity contribution in [3.8, 4) is 0 Å². The third-order valence-electron chi connectivity index (χ3n) is 4.08. The molecule has 3 rings (SSSR count). The monoisotopic (exact) mass is 327 g/mol. The number of fused-ring (bicyclic) bond motifs is 1. The van der Waals surface area contributed by atoms with Crippen molar-refractivity contribution in [1.82, 2.24) is 0 Å². The van der Waals surface area contributed by atoms with Crippen molar-refractivity contribution in [2.24, 2.45) is 0 Å². The molecule has 1 unspecified atom stereocenters. The molecule has 0 saturated carbocycles. The highest BCUT2D eigenvalue weighted by Crippen LogP contribution is 2.23. The van der Waals surface area contributed by atoms with Gasteiger partial charge in [0.1, 0.15) is 5.82 Å². The molecule has 1 aliphatic rings. The van der Waals surface area contributed by atoms with E-state index in [1.165, 1.54) is 36.2 Å². The average Bonchev–Trinajstić information content (AvgIpc) is 3.02. The predicted molar refractivity (Wildman–Crippen MR) is 88.4 cm³/mol. The Labute approximate surface area is 139 Å². The Hall–Kier alpha value is -2.69. The molecule has 1 aliphatic carbocycles. The van der Waals surface area contributed by atoms with E-state index < -0.39 is 23.8 Å². The summed E-state index contributed by atoms with van der Waals surface area (Å²) in [5.41, 5.74) is 3.20. The average molecular weight is 327 g/mol. The number of amides is 1. The number of halogens is 1. The zero-order valence-corrected chi connectivity index (χ0v) is 13.3. The zero-order chi connectivity index (χ0) is 17.1. The first-order valence-electron chi connectivity index (χ1n) is 7.92. The second-order valence-corrected chi connectivity index (χ2v) is 5.88. The summed E-state index contributed by atoms with van der Waals surface area (Å²) in [6.07, 6.45) is 2.12. The topological polar surface area (TPSA) is 55.4 Å². The van der Waals surface area contributed by atoms with Crippen LogP contribution in [-0.2, 0) is 22.4 Å². The Morgan fingerprint density at radius 2 is 1.92 bits per heavy atom. The standard InChI is InChI=1S/C19H18FNO3/c1-12(18(22)21-17-7-3-6-16(20)11-17)24-19(23)15-9-8-13-4-2-5-14(13)10-15/h3,6-12H,2,4-5H2,1H3,(H,21,22). The van der Waals surface area contributed by atoms with Crippen LogP contribution in [0.2, 0.25) is 0 Å². The largest absolute Gasteiger partial charge is 0.449 e. The molecule has 0 bridgehead atoms. The summed E-state index contributed by atoms with van der Waals surface area (Å²) in [5, 5.41) is 2.52. The molecule has 1 atom stereocenters. The highest BCUT2D eigenvalue weighted by molar-refractivity contribution is 5.97. The third kappa shape index (κ3) is 3.62. The van der Waals surface area contributed by atoms with Gasteiger partial charge in [-0.05, 0) is 67.6 Å². The Morgan fingerprint density at radius 1 is 1.12 bits per heavy atom. The van der Waals surface area contributed by atoms with Gasteiger partial charge in [0, 0.05) is 5.69 Å². The van der Waals surface area contributed by atoms with Crippen molar-refractivity contribution in [3.05, 3.63) is 65.0 Å². The van der Waals surface area contributed by atoms with E-state index >= 15 is 0 Å². The Balaban J connectivity index is 1.62. The maximum Gasteiger partial charge on any atom is 0.338 e. The number of rotatable bonds is 4. The van der Waals surface area contributed by atoms with E-state index in [9.17, 15) is 14.0 Å². The van der Waals surface area contributed by atoms with E-state index in [4.69, 9.17) is 4.74 Å². The van der Waals surface area contributed by atoms with Crippen molar-refractivity contribution < 1.29 is 18.7 Å². The van der Waals surface area contributed by atoms with Gasteiger partial charge >= 0.3 is 5.97 Å². The summed E-state index contributed by atoms with van der Waals surface area (Å²) in [6, 6.07) is 11.0. The van der Waals surface area contributed by atoms with E-state index in [0.717, 1.165) is 19.3 Å². The normalized spacial score (nSPS) is 13.9. The van der Waals surface area contributed by atoms with E-state index in [0.29, 0.717) is 11.3 Å². The van der Waals surface area contributed by atoms with Crippen LogP contribution in [0.25, 0.3) is 0 Å². The molecular weight excluding hydrogens is 309 g/mol. The first kappa shape index (κ1) is 16.2. The zero-order valence-electron chi connectivity index (χ0n) is 13.3. The first-order valence-corrected chi connectivity index (χ1v) is 7.92. The fraction of sp³-hybridized carbons (Fsp3) is 0.263. The number of benzene rings is 2. The number of hydrogen-bond donors (Lipinski definition) is 1. The molecule has 124 valence electrons. The van der Waals surface area contributed by atoms with Gasteiger partial charge in [-0.25, -0.2) is 9.18 Å². The van der Waals surface area contributed by atoms with E-state index in [-0.39, 0.29) is 0 Å². The first-order chi connectivity index (χ1) is 11.5. The van der Waals surface area contributed by atoms with Gasteiger partial charge in [0.25, 0.3) is 5.91 Å². The van der Waals surface area contributed by atoms with Gasteiger partial charge in [-0.2, -0.15) is 0 Å². The molecule has 0 saturated heterocycles. The number of carbonyl (C=O) groups excluding carboxylic acids is 2. The fourth-order valence-electron chi connectivity index (χ4n) is 2.79. The minimum absolute atomic E-state index is 0.320. The van der Waals surface area contributed by atoms with Gasteiger partial charge in [0.15, 0.2) is 6.10 Å². The lowest BCUT2D eigenvalue weighted by atomic mass is 10.1. The summed E-state index contributed by atoms with van der Waals surface area (Å²) in [7, 11) is 0. The SMILES string of the molecule is CC(OC(=O)c1ccc2c(c1)CCC2)C(=O)Nc1cccc(F)c1. The molecule has 0 radical (unpaired) electrons. The van der Waals surface area contributed by atoms with Gasteiger partial charge in [-0.15, -0.1) is 0 Å². The fourth-order valence-corrected chi connectivity index (χ4v) is 2.79. The van der Waals surface area contributed by atoms with Crippen LogP contribution >= 0.6 is 0 Å². The maximum absolute atomic E-state index is 13.1. The van der Waals surface area contributed by atoms with Crippen LogP contribution in [0.5, 0.6) is 0 Å². The summed E-state index contributed by atoms with van der Waals surface area (Å²) < 4.78 is 18.3. The summed E-state index contributed by atoms with van der Waals surface area (Å²) >= 11 is 0. The van der Waals surface area contributed by atoms with E-state index in [1.54, 1.807) is 12.1 Å². The number of nitrogens with one attached hydrogen (secondary N) is 1. The van der Waals surface area contributed by atoms with Gasteiger partial charge in [0.05, 0.1) is 5.56 Å². The maximum atomic E-state index is 13.1. The van der Waals surface area contributed by atoms with Crippen molar-refractivity contribution >= 4 is 17.6 Å². The van der Waals surface area contributed by atoms with Crippen LogP contribution in [-0.4, -0.2) is 18.0 Å². The number of hydrogen-bond acceptors (Lipinski definition) is 3. The van der Waals surface area contributed by atoms with Crippen molar-refractivity contribution in [1.29, 1.82) is 0 Å². The molecule has 0 fully saturated rings. The van der Waals surface area contributed by atoms with Gasteiger partial charge in [0.2, 0.25) is 0 Å². The molecule has 0 heterocycles. The Morgan fingerprint density at radius 3 is 2.71 bits per heavy atom. The van der Waals surface area contributed by atoms with Crippen LogP contribution < -0.4 is 5.32 Å². The number of esters is 1. The summed E-state index contributed by atoms with van der Waals surface area (Å²) in [6.45, 7) is 1.49. The predicted octanol–water partition coefficient (Wildman–Crippen LogP) is 3.50. The van der Waals surface area contributed by atoms with Gasteiger partial charge in [-0.1, -0.05) is 12.1 Å². The lowest BCUT2D eigenvalue weighted by molar-refractivity contribution is -0.123. The van der Waals surface area contributed by atoms with E-state index in [1.807, 2.05) is 12.1 Å². The Bertz CT molecular complexity index is 788. The van der Waals surface area contributed by atoms with Gasteiger partial charge < -0.3 is 10.1 Å². The highest BCUT2D eigenvalue weighted by atomic mass is 19.1. The van der Waals surface area contributed by atoms with Crippen LogP contribution in [0.15, 0.2) is 42.5 Å². The smallest absolute Gasteiger partial charge is 0.338 e. The molecule has 0 spiro atoms. The van der Waals surface area contributed by atoms with Crippen LogP contribution in [0.1, 0.15) is 34.8 Å². The lowest BCUT2D eigenvalue weighted by Crippen LogP contribution is -2.30. The molecular formula is C19H18FNO3. The van der Waals surface area contributed by atoms with Crippen molar-refractivity contribution in [3.63, 3.8) is 0 Å². The lowest BCUT2D eigenvalue weighted by Gasteiger charge is -2.14. The molecule has 0 aromatic heterocycles. The van der Waals surface area contributed by atoms with Crippen molar-refractivity contribution in [2.45, 2.75) is 32.3 Å². The summed E-state index contributed by atoms with van der Waals surface area (Å²) in [5.74, 6) is -1.49. The molecule has 2 aromatic rings. The minimum Gasteiger partial charge on any atom is -0.449 e. The highest BCUT2D eigenvalue weighted by Gasteiger charge is 2.20. The molecule has 24 heavy (non-hydrogen) atoms. The number of anilines is 1. The molecule has 1 amide bonds. The molecule has 0 aliphatic heterocycles. The van der Waals surface area contributed by atoms with Crippen LogP contribution in [0.3, 0.4) is 0 Å². The third-order valence-corrected chi connectivity index (χ3v) is 4.08. The van der Waals surface area contributed by atoms with Gasteiger partial charge in [-0.3, -0.25) is 4.79 Å². The second-order valence-electron chi connectivity index (χ2n) is 5.88. The minimum atomic E-state index is -0.978. The van der Waals surface area contributed by atoms with Crippen LogP contribution in [0, 0.1) is 5.82 Å². The summed E-state index contributed by atoms with van der Waals surface area (Å²) in [4.78, 5) is 24.3. The van der Waals surface area contributed by atoms with Crippen LogP contribution in [0.4, 0.5) is 10.1 Å². The molecule has 4 nitrogen and oxygen atoms in total. The Kier molecular flexibility index (Phi) is 4.60.